The molecule has 1 saturated carbocycles. The predicted molar refractivity (Wildman–Crippen MR) is 69.2 cm³/mol. The largest absolute Gasteiger partial charge is 0.462 e. The number of rotatable bonds is 1. The van der Waals surface area contributed by atoms with Crippen LogP contribution >= 0.6 is 0 Å². The van der Waals surface area contributed by atoms with Gasteiger partial charge in [-0.2, -0.15) is 0 Å². The maximum absolute atomic E-state index is 11.7. The number of allylic oxidation sites excluding steroid dienone is 1. The summed E-state index contributed by atoms with van der Waals surface area (Å²) in [5.74, 6) is 0.135. The van der Waals surface area contributed by atoms with Crippen LogP contribution < -0.4 is 0 Å². The molecule has 1 aliphatic heterocycles. The van der Waals surface area contributed by atoms with Gasteiger partial charge in [0, 0.05) is 16.9 Å². The Balaban J connectivity index is 2.04. The maximum Gasteiger partial charge on any atom is 0.334 e. The third-order valence-corrected chi connectivity index (χ3v) is 6.01. The third kappa shape index (κ3) is 1.56. The van der Waals surface area contributed by atoms with E-state index in [0.29, 0.717) is 13.0 Å². The van der Waals surface area contributed by atoms with Crippen molar-refractivity contribution in [3.05, 3.63) is 11.6 Å². The molecule has 0 radical (unpaired) electrons. The minimum Gasteiger partial charge on any atom is -0.462 e. The Morgan fingerprint density at radius 3 is 2.89 bits per heavy atom. The van der Waals surface area contributed by atoms with Crippen LogP contribution in [0.25, 0.3) is 0 Å². The molecule has 2 fully saturated rings. The van der Waals surface area contributed by atoms with Crippen LogP contribution in [0.1, 0.15) is 33.1 Å². The van der Waals surface area contributed by atoms with Crippen LogP contribution in [0.15, 0.2) is 11.6 Å². The number of fused-ring (bicyclic) bond motifs is 3. The van der Waals surface area contributed by atoms with Gasteiger partial charge in [0.25, 0.3) is 0 Å². The number of ether oxygens (including phenoxy) is 1. The van der Waals surface area contributed by atoms with Crippen molar-refractivity contribution >= 4 is 5.97 Å². The van der Waals surface area contributed by atoms with Gasteiger partial charge in [0.15, 0.2) is 0 Å². The normalized spacial score (nSPS) is 49.2. The average molecular weight is 266 g/mol. The summed E-state index contributed by atoms with van der Waals surface area (Å²) < 4.78 is 5.21. The fourth-order valence-corrected chi connectivity index (χ4v) is 4.60. The molecular formula is C15H22O4. The van der Waals surface area contributed by atoms with E-state index in [1.165, 1.54) is 0 Å². The highest BCUT2D eigenvalue weighted by atomic mass is 16.5. The van der Waals surface area contributed by atoms with Gasteiger partial charge in [-0.1, -0.05) is 19.9 Å². The number of hydrogen-bond acceptors (Lipinski definition) is 4. The van der Waals surface area contributed by atoms with E-state index < -0.39 is 11.5 Å². The van der Waals surface area contributed by atoms with Crippen molar-refractivity contribution in [3.63, 3.8) is 0 Å². The number of esters is 1. The lowest BCUT2D eigenvalue weighted by atomic mass is 9.48. The monoisotopic (exact) mass is 266 g/mol. The van der Waals surface area contributed by atoms with Gasteiger partial charge in [0.2, 0.25) is 0 Å². The first kappa shape index (κ1) is 13.1. The molecular weight excluding hydrogens is 244 g/mol. The number of cyclic esters (lactones) is 1. The van der Waals surface area contributed by atoms with Crippen LogP contribution in [0, 0.1) is 22.7 Å². The summed E-state index contributed by atoms with van der Waals surface area (Å²) >= 11 is 0. The summed E-state index contributed by atoms with van der Waals surface area (Å²) in [5, 5.41) is 20.1. The summed E-state index contributed by atoms with van der Waals surface area (Å²) in [4.78, 5) is 11.7. The Kier molecular flexibility index (Phi) is 2.81. The zero-order chi connectivity index (χ0) is 13.8. The van der Waals surface area contributed by atoms with E-state index in [-0.39, 0.29) is 29.8 Å². The van der Waals surface area contributed by atoms with E-state index >= 15 is 0 Å². The Hall–Kier alpha value is -0.870. The molecule has 4 nitrogen and oxygen atoms in total. The standard InChI is InChI=1S/C15H22O4/c1-14-6-5-12(17)15(2,8-16)11(14)4-3-9-10(14)7-19-13(9)18/h3,10-12,16-17H,4-8H2,1-2H3/t10-,11+,12-,14+,15+/m0/s1. The van der Waals surface area contributed by atoms with Crippen LogP contribution in [-0.2, 0) is 9.53 Å². The summed E-state index contributed by atoms with van der Waals surface area (Å²) in [6.45, 7) is 4.60. The fourth-order valence-electron chi connectivity index (χ4n) is 4.60. The van der Waals surface area contributed by atoms with Crippen molar-refractivity contribution in [3.8, 4) is 0 Å². The van der Waals surface area contributed by atoms with E-state index in [1.54, 1.807) is 0 Å². The minimum absolute atomic E-state index is 0.0148. The quantitative estimate of drug-likeness (QED) is 0.701. The molecule has 0 aromatic carbocycles. The molecule has 1 heterocycles. The van der Waals surface area contributed by atoms with E-state index in [0.717, 1.165) is 18.4 Å². The molecule has 4 heteroatoms. The van der Waals surface area contributed by atoms with Gasteiger partial charge in [0.1, 0.15) is 0 Å². The zero-order valence-electron chi connectivity index (χ0n) is 11.6. The fraction of sp³-hybridized carbons (Fsp3) is 0.800. The summed E-state index contributed by atoms with van der Waals surface area (Å²) in [6.07, 6.45) is 3.81. The highest BCUT2D eigenvalue weighted by molar-refractivity contribution is 5.91. The van der Waals surface area contributed by atoms with E-state index in [2.05, 4.69) is 6.92 Å². The predicted octanol–water partition coefficient (Wildman–Crippen LogP) is 1.27. The van der Waals surface area contributed by atoms with Gasteiger partial charge in [0.05, 0.1) is 19.3 Å². The lowest BCUT2D eigenvalue weighted by Crippen LogP contribution is -2.57. The van der Waals surface area contributed by atoms with Crippen LogP contribution in [0.3, 0.4) is 0 Å². The lowest BCUT2D eigenvalue weighted by molar-refractivity contribution is -0.144. The summed E-state index contributed by atoms with van der Waals surface area (Å²) in [5.41, 5.74) is 0.267. The van der Waals surface area contributed by atoms with E-state index in [4.69, 9.17) is 4.74 Å². The first-order chi connectivity index (χ1) is 8.93. The Bertz CT molecular complexity index is 443. The maximum atomic E-state index is 11.7. The second-order valence-corrected chi connectivity index (χ2v) is 6.82. The number of carbonyl (C=O) groups is 1. The van der Waals surface area contributed by atoms with Crippen molar-refractivity contribution in [1.29, 1.82) is 0 Å². The molecule has 0 aromatic heterocycles. The van der Waals surface area contributed by atoms with Crippen molar-refractivity contribution in [2.24, 2.45) is 22.7 Å². The first-order valence-electron chi connectivity index (χ1n) is 7.09. The van der Waals surface area contributed by atoms with Crippen LogP contribution in [0.4, 0.5) is 0 Å². The van der Waals surface area contributed by atoms with Crippen molar-refractivity contribution in [2.45, 2.75) is 39.2 Å². The molecule has 0 spiro atoms. The van der Waals surface area contributed by atoms with E-state index in [9.17, 15) is 15.0 Å². The third-order valence-electron chi connectivity index (χ3n) is 6.01. The van der Waals surface area contributed by atoms with E-state index in [1.807, 2.05) is 13.0 Å². The molecule has 0 aromatic rings. The molecule has 3 rings (SSSR count). The van der Waals surface area contributed by atoms with Crippen molar-refractivity contribution < 1.29 is 19.7 Å². The van der Waals surface area contributed by atoms with Crippen molar-refractivity contribution in [2.75, 3.05) is 13.2 Å². The molecule has 5 atom stereocenters. The minimum atomic E-state index is -0.485. The molecule has 2 N–H and O–H groups in total. The number of aliphatic hydroxyl groups is 2. The number of hydrogen-bond donors (Lipinski definition) is 2. The SMILES string of the molecule is C[C@]12CC[C@H](O)[C@](C)(CO)[C@@H]1CC=C1C(=O)OC[C@@H]12. The van der Waals surface area contributed by atoms with Gasteiger partial charge in [-0.3, -0.25) is 0 Å². The smallest absolute Gasteiger partial charge is 0.334 e. The van der Waals surface area contributed by atoms with Gasteiger partial charge >= 0.3 is 5.97 Å². The molecule has 106 valence electrons. The average Bonchev–Trinajstić information content (AvgIpc) is 2.78. The highest BCUT2D eigenvalue weighted by Gasteiger charge is 2.59. The second kappa shape index (κ2) is 4.06. The summed E-state index contributed by atoms with van der Waals surface area (Å²) in [6, 6.07) is 0. The highest BCUT2D eigenvalue weighted by Crippen LogP contribution is 2.60. The Labute approximate surface area is 113 Å². The zero-order valence-corrected chi connectivity index (χ0v) is 11.6. The molecule has 3 aliphatic rings. The number of carbonyl (C=O) groups excluding carboxylic acids is 1. The molecule has 0 bridgehead atoms. The summed E-state index contributed by atoms with van der Waals surface area (Å²) in [7, 11) is 0. The molecule has 1 saturated heterocycles. The first-order valence-corrected chi connectivity index (χ1v) is 7.09. The lowest BCUT2D eigenvalue weighted by Gasteiger charge is -2.57. The van der Waals surface area contributed by atoms with Gasteiger partial charge in [-0.15, -0.1) is 0 Å². The molecule has 0 amide bonds. The Morgan fingerprint density at radius 2 is 2.21 bits per heavy atom. The molecule has 0 unspecified atom stereocenters. The van der Waals surface area contributed by atoms with Gasteiger partial charge in [-0.25, -0.2) is 4.79 Å². The van der Waals surface area contributed by atoms with Gasteiger partial charge < -0.3 is 14.9 Å². The topological polar surface area (TPSA) is 66.8 Å². The Morgan fingerprint density at radius 1 is 1.47 bits per heavy atom. The molecule has 2 aliphatic carbocycles. The van der Waals surface area contributed by atoms with Crippen molar-refractivity contribution in [1.82, 2.24) is 0 Å². The van der Waals surface area contributed by atoms with Crippen LogP contribution in [-0.4, -0.2) is 35.5 Å². The number of aliphatic hydroxyl groups excluding tert-OH is 2. The second-order valence-electron chi connectivity index (χ2n) is 6.82. The van der Waals surface area contributed by atoms with Crippen LogP contribution in [0.2, 0.25) is 0 Å². The van der Waals surface area contributed by atoms with Gasteiger partial charge in [-0.05, 0) is 30.6 Å². The molecule has 19 heavy (non-hydrogen) atoms. The van der Waals surface area contributed by atoms with Crippen LogP contribution in [0.5, 0.6) is 0 Å².